The summed E-state index contributed by atoms with van der Waals surface area (Å²) in [6, 6.07) is 0.730. The number of amides is 1. The topological polar surface area (TPSA) is 68.0 Å². The second-order valence-corrected chi connectivity index (χ2v) is 4.57. The zero-order valence-electron chi connectivity index (χ0n) is 9.60. The number of halogens is 4. The first-order chi connectivity index (χ1) is 8.04. The number of primary amides is 1. The lowest BCUT2D eigenvalue weighted by Gasteiger charge is -2.23. The molecule has 0 saturated heterocycles. The molecule has 1 amide bonds. The Kier molecular flexibility index (Phi) is 3.75. The first-order valence-corrected chi connectivity index (χ1v) is 5.22. The second-order valence-electron chi connectivity index (χ2n) is 4.17. The molecule has 18 heavy (non-hydrogen) atoms. The van der Waals surface area contributed by atoms with Crippen molar-refractivity contribution in [3.05, 3.63) is 22.8 Å². The fraction of sp³-hybridized carbons (Fsp3) is 0.400. The standard InChI is InChI=1S/C10H11ClF3N3O/c1-9(2,8(15)18)17-7-6(11)3-5(4-16-7)10(12,13)14/h3-4H,1-2H3,(H2,15,18)(H,16,17). The van der Waals surface area contributed by atoms with Gasteiger partial charge in [-0.25, -0.2) is 4.98 Å². The highest BCUT2D eigenvalue weighted by Gasteiger charge is 2.32. The van der Waals surface area contributed by atoms with Crippen molar-refractivity contribution in [1.82, 2.24) is 4.98 Å². The fourth-order valence-corrected chi connectivity index (χ4v) is 1.26. The first-order valence-electron chi connectivity index (χ1n) is 4.85. The number of nitrogens with one attached hydrogen (secondary N) is 1. The van der Waals surface area contributed by atoms with Crippen LogP contribution in [0.25, 0.3) is 0 Å². The SMILES string of the molecule is CC(C)(Nc1ncc(C(F)(F)F)cc1Cl)C(N)=O. The molecule has 0 bridgehead atoms. The smallest absolute Gasteiger partial charge is 0.368 e. The minimum Gasteiger partial charge on any atom is -0.368 e. The van der Waals surface area contributed by atoms with Gasteiger partial charge in [0.1, 0.15) is 11.4 Å². The van der Waals surface area contributed by atoms with Gasteiger partial charge in [-0.3, -0.25) is 4.79 Å². The van der Waals surface area contributed by atoms with E-state index < -0.39 is 23.2 Å². The average Bonchev–Trinajstić information content (AvgIpc) is 2.19. The fourth-order valence-electron chi connectivity index (χ4n) is 1.04. The number of nitrogens with two attached hydrogens (primary N) is 1. The Morgan fingerprint density at radius 2 is 2.00 bits per heavy atom. The molecule has 1 aromatic rings. The number of hydrogen-bond donors (Lipinski definition) is 2. The van der Waals surface area contributed by atoms with E-state index in [1.165, 1.54) is 13.8 Å². The van der Waals surface area contributed by atoms with Crippen molar-refractivity contribution < 1.29 is 18.0 Å². The lowest BCUT2D eigenvalue weighted by atomic mass is 10.1. The Morgan fingerprint density at radius 3 is 2.39 bits per heavy atom. The molecule has 100 valence electrons. The normalized spacial score (nSPS) is 12.3. The van der Waals surface area contributed by atoms with E-state index in [2.05, 4.69) is 10.3 Å². The van der Waals surface area contributed by atoms with Gasteiger partial charge in [0, 0.05) is 6.20 Å². The predicted octanol–water partition coefficient (Wildman–Crippen LogP) is 2.43. The maximum Gasteiger partial charge on any atom is 0.417 e. The number of nitrogens with zero attached hydrogens (tertiary/aromatic N) is 1. The zero-order valence-corrected chi connectivity index (χ0v) is 10.4. The number of pyridine rings is 1. The van der Waals surface area contributed by atoms with E-state index in [-0.39, 0.29) is 10.8 Å². The van der Waals surface area contributed by atoms with Crippen molar-refractivity contribution >= 4 is 23.3 Å². The zero-order chi connectivity index (χ0) is 14.1. The highest BCUT2D eigenvalue weighted by molar-refractivity contribution is 6.33. The summed E-state index contributed by atoms with van der Waals surface area (Å²) in [4.78, 5) is 14.6. The molecule has 0 fully saturated rings. The molecule has 3 N–H and O–H groups in total. The quantitative estimate of drug-likeness (QED) is 0.894. The molecule has 4 nitrogen and oxygen atoms in total. The Morgan fingerprint density at radius 1 is 1.44 bits per heavy atom. The summed E-state index contributed by atoms with van der Waals surface area (Å²) in [6.07, 6.45) is -3.89. The van der Waals surface area contributed by atoms with Crippen LogP contribution >= 0.6 is 11.6 Å². The summed E-state index contributed by atoms with van der Waals surface area (Å²) in [5.74, 6) is -0.714. The van der Waals surface area contributed by atoms with Crippen LogP contribution in [0.3, 0.4) is 0 Å². The molecule has 1 heterocycles. The molecular weight excluding hydrogens is 271 g/mol. The molecular formula is C10H11ClF3N3O. The molecule has 0 aromatic carbocycles. The van der Waals surface area contributed by atoms with Crippen molar-refractivity contribution in [3.63, 3.8) is 0 Å². The van der Waals surface area contributed by atoms with Crippen molar-refractivity contribution in [2.45, 2.75) is 25.6 Å². The maximum atomic E-state index is 12.4. The van der Waals surface area contributed by atoms with E-state index in [0.717, 1.165) is 6.07 Å². The van der Waals surface area contributed by atoms with Crippen molar-refractivity contribution in [2.75, 3.05) is 5.32 Å². The van der Waals surface area contributed by atoms with Crippen LogP contribution in [0.2, 0.25) is 5.02 Å². The summed E-state index contributed by atoms with van der Waals surface area (Å²) in [5.41, 5.74) is 2.98. The average molecular weight is 282 g/mol. The van der Waals surface area contributed by atoms with Gasteiger partial charge in [0.2, 0.25) is 5.91 Å². The molecule has 0 aliphatic heterocycles. The largest absolute Gasteiger partial charge is 0.417 e. The molecule has 0 atom stereocenters. The minimum absolute atomic E-state index is 0.0338. The van der Waals surface area contributed by atoms with E-state index in [4.69, 9.17) is 17.3 Å². The monoisotopic (exact) mass is 281 g/mol. The Bertz CT molecular complexity index is 474. The molecule has 1 rings (SSSR count). The molecule has 0 radical (unpaired) electrons. The first kappa shape index (κ1) is 14.6. The van der Waals surface area contributed by atoms with Gasteiger partial charge in [-0.1, -0.05) is 11.6 Å². The lowest BCUT2D eigenvalue weighted by molar-refractivity contribution is -0.137. The Hall–Kier alpha value is -1.50. The molecule has 0 aliphatic rings. The third-order valence-corrected chi connectivity index (χ3v) is 2.50. The number of hydrogen-bond acceptors (Lipinski definition) is 3. The van der Waals surface area contributed by atoms with Crippen LogP contribution in [0.15, 0.2) is 12.3 Å². The summed E-state index contributed by atoms with van der Waals surface area (Å²) in [6.45, 7) is 2.93. The highest BCUT2D eigenvalue weighted by Crippen LogP contribution is 2.32. The van der Waals surface area contributed by atoms with Gasteiger partial charge in [-0.2, -0.15) is 13.2 Å². The third-order valence-electron chi connectivity index (χ3n) is 2.22. The van der Waals surface area contributed by atoms with E-state index >= 15 is 0 Å². The van der Waals surface area contributed by atoms with Gasteiger partial charge in [0.05, 0.1) is 10.6 Å². The maximum absolute atomic E-state index is 12.4. The van der Waals surface area contributed by atoms with Crippen molar-refractivity contribution in [2.24, 2.45) is 5.73 Å². The van der Waals surface area contributed by atoms with Crippen molar-refractivity contribution in [1.29, 1.82) is 0 Å². The van der Waals surface area contributed by atoms with Crippen LogP contribution in [-0.2, 0) is 11.0 Å². The van der Waals surface area contributed by atoms with Crippen LogP contribution in [0.4, 0.5) is 19.0 Å². The summed E-state index contributed by atoms with van der Waals surface area (Å²) < 4.78 is 37.1. The van der Waals surface area contributed by atoms with Crippen LogP contribution in [-0.4, -0.2) is 16.4 Å². The van der Waals surface area contributed by atoms with Gasteiger partial charge in [-0.05, 0) is 19.9 Å². The molecule has 8 heteroatoms. The van der Waals surface area contributed by atoms with Gasteiger partial charge in [0.25, 0.3) is 0 Å². The summed E-state index contributed by atoms with van der Waals surface area (Å²) in [5, 5.41) is 2.34. The van der Waals surface area contributed by atoms with Gasteiger partial charge in [0.15, 0.2) is 0 Å². The van der Waals surface area contributed by atoms with Gasteiger partial charge < -0.3 is 11.1 Å². The van der Waals surface area contributed by atoms with E-state index in [1.807, 2.05) is 0 Å². The number of carbonyl (C=O) groups excluding carboxylic acids is 1. The number of aromatic nitrogens is 1. The summed E-state index contributed by atoms with van der Waals surface area (Å²) in [7, 11) is 0. The number of carbonyl (C=O) groups is 1. The molecule has 0 saturated carbocycles. The van der Waals surface area contributed by atoms with E-state index in [1.54, 1.807) is 0 Å². The van der Waals surface area contributed by atoms with Crippen LogP contribution in [0.5, 0.6) is 0 Å². The van der Waals surface area contributed by atoms with Crippen LogP contribution in [0.1, 0.15) is 19.4 Å². The van der Waals surface area contributed by atoms with Crippen LogP contribution < -0.4 is 11.1 Å². The number of alkyl halides is 3. The molecule has 0 unspecified atom stereocenters. The van der Waals surface area contributed by atoms with E-state index in [0.29, 0.717) is 6.20 Å². The minimum atomic E-state index is -4.52. The van der Waals surface area contributed by atoms with Crippen LogP contribution in [0, 0.1) is 0 Å². The number of rotatable bonds is 3. The molecule has 1 aromatic heterocycles. The molecule has 0 spiro atoms. The lowest BCUT2D eigenvalue weighted by Crippen LogP contribution is -2.45. The number of anilines is 1. The molecule has 0 aliphatic carbocycles. The van der Waals surface area contributed by atoms with Crippen molar-refractivity contribution in [3.8, 4) is 0 Å². The Balaban J connectivity index is 3.04. The summed E-state index contributed by atoms with van der Waals surface area (Å²) >= 11 is 5.67. The van der Waals surface area contributed by atoms with E-state index in [9.17, 15) is 18.0 Å². The second kappa shape index (κ2) is 4.64. The highest BCUT2D eigenvalue weighted by atomic mass is 35.5. The van der Waals surface area contributed by atoms with Gasteiger partial charge in [-0.15, -0.1) is 0 Å². The third kappa shape index (κ3) is 3.25. The predicted molar refractivity (Wildman–Crippen MR) is 61.1 cm³/mol. The Labute approximate surface area is 106 Å². The van der Waals surface area contributed by atoms with Gasteiger partial charge >= 0.3 is 6.18 Å².